The van der Waals surface area contributed by atoms with E-state index in [2.05, 4.69) is 79.5 Å². The molecule has 0 saturated carbocycles. The molecular weight excluding hydrogens is 348 g/mol. The van der Waals surface area contributed by atoms with Crippen molar-refractivity contribution in [2.24, 2.45) is 12.0 Å². The first-order valence-corrected chi connectivity index (χ1v) is 10.3. The molecule has 0 unspecified atom stereocenters. The lowest BCUT2D eigenvalue weighted by Gasteiger charge is -2.18. The SMILES string of the molecule is CCNC(=NCc1cccc(CN(CC)CC)c1)NCc1c(C)nn(C)c1C. The summed E-state index contributed by atoms with van der Waals surface area (Å²) in [6.07, 6.45) is 0. The number of hydrogen-bond donors (Lipinski definition) is 2. The van der Waals surface area contributed by atoms with Gasteiger partial charge >= 0.3 is 0 Å². The Morgan fingerprint density at radius 2 is 1.82 bits per heavy atom. The maximum absolute atomic E-state index is 4.78. The van der Waals surface area contributed by atoms with Gasteiger partial charge in [0, 0.05) is 37.9 Å². The Labute approximate surface area is 170 Å². The molecule has 6 heteroatoms. The van der Waals surface area contributed by atoms with Crippen molar-refractivity contribution in [1.29, 1.82) is 0 Å². The van der Waals surface area contributed by atoms with E-state index in [0.29, 0.717) is 6.54 Å². The van der Waals surface area contributed by atoms with Gasteiger partial charge in [0.15, 0.2) is 5.96 Å². The average molecular weight is 385 g/mol. The van der Waals surface area contributed by atoms with Crippen LogP contribution < -0.4 is 10.6 Å². The van der Waals surface area contributed by atoms with Gasteiger partial charge in [0.05, 0.1) is 12.2 Å². The zero-order chi connectivity index (χ0) is 20.5. The summed E-state index contributed by atoms with van der Waals surface area (Å²) >= 11 is 0. The van der Waals surface area contributed by atoms with Crippen molar-refractivity contribution in [2.45, 2.75) is 54.3 Å². The quantitative estimate of drug-likeness (QED) is 0.515. The molecule has 0 atom stereocenters. The van der Waals surface area contributed by atoms with Crippen LogP contribution >= 0.6 is 0 Å². The second kappa shape index (κ2) is 10.9. The van der Waals surface area contributed by atoms with Crippen LogP contribution in [0.25, 0.3) is 0 Å². The lowest BCUT2D eigenvalue weighted by molar-refractivity contribution is 0.296. The molecule has 2 N–H and O–H groups in total. The normalized spacial score (nSPS) is 11.9. The summed E-state index contributed by atoms with van der Waals surface area (Å²) in [7, 11) is 1.98. The monoisotopic (exact) mass is 384 g/mol. The standard InChI is InChI=1S/C22H36N6/c1-7-23-22(25-15-21-17(4)26-27(6)18(21)5)24-14-19-11-10-12-20(13-19)16-28(8-2)9-3/h10-13H,7-9,14-16H2,1-6H3,(H2,23,24,25). The van der Waals surface area contributed by atoms with Gasteiger partial charge < -0.3 is 10.6 Å². The van der Waals surface area contributed by atoms with Gasteiger partial charge in [-0.15, -0.1) is 0 Å². The Bertz CT molecular complexity index is 773. The molecule has 0 aliphatic rings. The molecule has 1 aromatic carbocycles. The highest BCUT2D eigenvalue weighted by Crippen LogP contribution is 2.12. The van der Waals surface area contributed by atoms with E-state index in [-0.39, 0.29) is 0 Å². The summed E-state index contributed by atoms with van der Waals surface area (Å²) in [4.78, 5) is 7.20. The number of nitrogens with zero attached hydrogens (tertiary/aromatic N) is 4. The predicted molar refractivity (Wildman–Crippen MR) is 117 cm³/mol. The molecule has 0 radical (unpaired) electrons. The number of hydrogen-bond acceptors (Lipinski definition) is 3. The van der Waals surface area contributed by atoms with Crippen LogP contribution in [0, 0.1) is 13.8 Å². The van der Waals surface area contributed by atoms with Crippen LogP contribution in [0.3, 0.4) is 0 Å². The van der Waals surface area contributed by atoms with Gasteiger partial charge in [0.25, 0.3) is 0 Å². The first kappa shape index (κ1) is 22.0. The molecular formula is C22H36N6. The summed E-state index contributed by atoms with van der Waals surface area (Å²) in [5.41, 5.74) is 6.05. The summed E-state index contributed by atoms with van der Waals surface area (Å²) in [6, 6.07) is 8.74. The van der Waals surface area contributed by atoms with Crippen molar-refractivity contribution in [2.75, 3.05) is 19.6 Å². The Hall–Kier alpha value is -2.34. The van der Waals surface area contributed by atoms with E-state index in [0.717, 1.165) is 44.4 Å². The number of rotatable bonds is 9. The minimum Gasteiger partial charge on any atom is -0.357 e. The highest BCUT2D eigenvalue weighted by molar-refractivity contribution is 5.79. The maximum atomic E-state index is 4.78. The fourth-order valence-electron chi connectivity index (χ4n) is 3.29. The van der Waals surface area contributed by atoms with Gasteiger partial charge in [-0.25, -0.2) is 4.99 Å². The summed E-state index contributed by atoms with van der Waals surface area (Å²) in [6.45, 7) is 16.0. The van der Waals surface area contributed by atoms with Gasteiger partial charge in [-0.05, 0) is 45.0 Å². The minimum atomic E-state index is 0.659. The van der Waals surface area contributed by atoms with Crippen LogP contribution in [0.4, 0.5) is 0 Å². The molecule has 1 heterocycles. The number of nitrogens with one attached hydrogen (secondary N) is 2. The molecule has 0 aliphatic carbocycles. The minimum absolute atomic E-state index is 0.659. The third-order valence-electron chi connectivity index (χ3n) is 5.15. The van der Waals surface area contributed by atoms with E-state index in [4.69, 9.17) is 4.99 Å². The molecule has 0 amide bonds. The second-order valence-corrected chi connectivity index (χ2v) is 7.10. The van der Waals surface area contributed by atoms with E-state index in [1.54, 1.807) is 0 Å². The van der Waals surface area contributed by atoms with E-state index in [1.807, 2.05) is 11.7 Å². The largest absolute Gasteiger partial charge is 0.357 e. The van der Waals surface area contributed by atoms with Crippen LogP contribution in [0.15, 0.2) is 29.3 Å². The van der Waals surface area contributed by atoms with Crippen molar-refractivity contribution in [3.05, 3.63) is 52.3 Å². The number of guanidine groups is 1. The fourth-order valence-corrected chi connectivity index (χ4v) is 3.29. The van der Waals surface area contributed by atoms with Crippen molar-refractivity contribution in [3.8, 4) is 0 Å². The molecule has 6 nitrogen and oxygen atoms in total. The third-order valence-corrected chi connectivity index (χ3v) is 5.15. The molecule has 154 valence electrons. The zero-order valence-corrected chi connectivity index (χ0v) is 18.3. The van der Waals surface area contributed by atoms with Crippen LogP contribution in [-0.4, -0.2) is 40.3 Å². The molecule has 1 aromatic heterocycles. The number of aliphatic imine (C=N–C) groups is 1. The fraction of sp³-hybridized carbons (Fsp3) is 0.545. The molecule has 28 heavy (non-hydrogen) atoms. The van der Waals surface area contributed by atoms with E-state index in [1.165, 1.54) is 22.4 Å². The zero-order valence-electron chi connectivity index (χ0n) is 18.3. The molecule has 2 aromatic rings. The Morgan fingerprint density at radius 3 is 2.43 bits per heavy atom. The van der Waals surface area contributed by atoms with E-state index in [9.17, 15) is 0 Å². The summed E-state index contributed by atoms with van der Waals surface area (Å²) in [5.74, 6) is 0.833. The van der Waals surface area contributed by atoms with Crippen molar-refractivity contribution < 1.29 is 0 Å². The highest BCUT2D eigenvalue weighted by atomic mass is 15.3. The van der Waals surface area contributed by atoms with Gasteiger partial charge in [0.1, 0.15) is 0 Å². The molecule has 0 fully saturated rings. The first-order valence-electron chi connectivity index (χ1n) is 10.3. The first-order chi connectivity index (χ1) is 13.5. The van der Waals surface area contributed by atoms with E-state index >= 15 is 0 Å². The molecule has 0 aliphatic heterocycles. The van der Waals surface area contributed by atoms with Crippen LogP contribution in [0.1, 0.15) is 48.8 Å². The van der Waals surface area contributed by atoms with Crippen molar-refractivity contribution in [1.82, 2.24) is 25.3 Å². The van der Waals surface area contributed by atoms with Crippen LogP contribution in [0.5, 0.6) is 0 Å². The Balaban J connectivity index is 2.04. The predicted octanol–water partition coefficient (Wildman–Crippen LogP) is 3.13. The van der Waals surface area contributed by atoms with E-state index < -0.39 is 0 Å². The summed E-state index contributed by atoms with van der Waals surface area (Å²) < 4.78 is 1.93. The third kappa shape index (κ3) is 6.09. The molecule has 0 spiro atoms. The van der Waals surface area contributed by atoms with Crippen LogP contribution in [-0.2, 0) is 26.7 Å². The highest BCUT2D eigenvalue weighted by Gasteiger charge is 2.10. The molecule has 0 saturated heterocycles. The van der Waals surface area contributed by atoms with Crippen LogP contribution in [0.2, 0.25) is 0 Å². The topological polar surface area (TPSA) is 57.5 Å². The summed E-state index contributed by atoms with van der Waals surface area (Å²) in [5, 5.41) is 11.3. The average Bonchev–Trinajstić information content (AvgIpc) is 2.94. The lowest BCUT2D eigenvalue weighted by Crippen LogP contribution is -2.37. The van der Waals surface area contributed by atoms with Crippen molar-refractivity contribution in [3.63, 3.8) is 0 Å². The Kier molecular flexibility index (Phi) is 8.51. The smallest absolute Gasteiger partial charge is 0.191 e. The van der Waals surface area contributed by atoms with Gasteiger partial charge in [-0.3, -0.25) is 9.58 Å². The number of aromatic nitrogens is 2. The van der Waals surface area contributed by atoms with Gasteiger partial charge in [-0.2, -0.15) is 5.10 Å². The van der Waals surface area contributed by atoms with Crippen molar-refractivity contribution >= 4 is 5.96 Å². The van der Waals surface area contributed by atoms with Gasteiger partial charge in [0.2, 0.25) is 0 Å². The number of aryl methyl sites for hydroxylation is 2. The second-order valence-electron chi connectivity index (χ2n) is 7.10. The molecule has 0 bridgehead atoms. The number of benzene rings is 1. The maximum Gasteiger partial charge on any atom is 0.191 e. The molecule has 2 rings (SSSR count). The lowest BCUT2D eigenvalue weighted by atomic mass is 10.1. The van der Waals surface area contributed by atoms with Gasteiger partial charge in [-0.1, -0.05) is 38.1 Å². The Morgan fingerprint density at radius 1 is 1.11 bits per heavy atom.